The van der Waals surface area contributed by atoms with Crippen molar-refractivity contribution in [2.45, 2.75) is 19.6 Å². The highest BCUT2D eigenvalue weighted by Gasteiger charge is 2.06. The molecular weight excluding hydrogens is 324 g/mol. The Morgan fingerprint density at radius 3 is 3.00 bits per heavy atom. The van der Waals surface area contributed by atoms with Crippen molar-refractivity contribution in [3.63, 3.8) is 0 Å². The molecular formula is C14H17BrN2O3. The molecule has 20 heavy (non-hydrogen) atoms. The van der Waals surface area contributed by atoms with Crippen LogP contribution in [0.3, 0.4) is 0 Å². The minimum Gasteiger partial charge on any atom is -0.491 e. The molecule has 0 aliphatic carbocycles. The second-order valence-corrected chi connectivity index (χ2v) is 5.40. The van der Waals surface area contributed by atoms with Crippen molar-refractivity contribution in [3.05, 3.63) is 46.3 Å². The van der Waals surface area contributed by atoms with Gasteiger partial charge < -0.3 is 19.7 Å². The number of aromatic nitrogens is 1. The smallest absolute Gasteiger partial charge is 0.133 e. The van der Waals surface area contributed by atoms with Gasteiger partial charge in [0.15, 0.2) is 0 Å². The number of halogens is 1. The fourth-order valence-electron chi connectivity index (χ4n) is 1.68. The van der Waals surface area contributed by atoms with E-state index in [1.54, 1.807) is 0 Å². The Balaban J connectivity index is 1.66. The molecule has 0 amide bonds. The third-order valence-electron chi connectivity index (χ3n) is 2.60. The standard InChI is InChI=1S/C14H17BrN2O3/c1-10-5-12(17-20-10)7-16-8-13(18)9-19-14-4-2-3-11(15)6-14/h2-6,13,16,18H,7-9H2,1H3. The molecule has 1 aromatic heterocycles. The summed E-state index contributed by atoms with van der Waals surface area (Å²) < 4.78 is 11.4. The minimum atomic E-state index is -0.582. The highest BCUT2D eigenvalue weighted by molar-refractivity contribution is 9.10. The van der Waals surface area contributed by atoms with Crippen molar-refractivity contribution < 1.29 is 14.4 Å². The summed E-state index contributed by atoms with van der Waals surface area (Å²) in [5, 5.41) is 16.8. The van der Waals surface area contributed by atoms with Crippen LogP contribution in [0.2, 0.25) is 0 Å². The number of nitrogens with one attached hydrogen (secondary N) is 1. The molecule has 5 nitrogen and oxygen atoms in total. The average molecular weight is 341 g/mol. The van der Waals surface area contributed by atoms with Gasteiger partial charge in [-0.1, -0.05) is 27.2 Å². The maximum atomic E-state index is 9.82. The zero-order chi connectivity index (χ0) is 14.4. The van der Waals surface area contributed by atoms with Crippen LogP contribution in [-0.2, 0) is 6.54 Å². The molecule has 0 spiro atoms. The summed E-state index contributed by atoms with van der Waals surface area (Å²) in [6.07, 6.45) is -0.582. The normalized spacial score (nSPS) is 12.3. The van der Waals surface area contributed by atoms with Crippen LogP contribution in [0, 0.1) is 6.92 Å². The molecule has 2 N–H and O–H groups in total. The summed E-state index contributed by atoms with van der Waals surface area (Å²) in [5.74, 6) is 1.51. The van der Waals surface area contributed by atoms with Crippen LogP contribution in [0.5, 0.6) is 5.75 Å². The van der Waals surface area contributed by atoms with Gasteiger partial charge in [-0.2, -0.15) is 0 Å². The second-order valence-electron chi connectivity index (χ2n) is 4.48. The monoisotopic (exact) mass is 340 g/mol. The Morgan fingerprint density at radius 1 is 1.45 bits per heavy atom. The molecule has 2 aromatic rings. The van der Waals surface area contributed by atoms with Gasteiger partial charge in [0.05, 0.1) is 5.69 Å². The van der Waals surface area contributed by atoms with Gasteiger partial charge in [0.2, 0.25) is 0 Å². The second kappa shape index (κ2) is 7.42. The van der Waals surface area contributed by atoms with E-state index >= 15 is 0 Å². The van der Waals surface area contributed by atoms with Gasteiger partial charge >= 0.3 is 0 Å². The maximum Gasteiger partial charge on any atom is 0.133 e. The van der Waals surface area contributed by atoms with Gasteiger partial charge in [0.1, 0.15) is 24.2 Å². The predicted molar refractivity (Wildman–Crippen MR) is 78.6 cm³/mol. The molecule has 1 atom stereocenters. The molecule has 2 rings (SSSR count). The first-order chi connectivity index (χ1) is 9.63. The van der Waals surface area contributed by atoms with E-state index < -0.39 is 6.10 Å². The molecule has 0 radical (unpaired) electrons. The lowest BCUT2D eigenvalue weighted by Gasteiger charge is -2.12. The first kappa shape index (κ1) is 15.0. The molecule has 1 aromatic carbocycles. The summed E-state index contributed by atoms with van der Waals surface area (Å²) in [7, 11) is 0. The third kappa shape index (κ3) is 4.96. The zero-order valence-electron chi connectivity index (χ0n) is 11.2. The Kier molecular flexibility index (Phi) is 5.58. The SMILES string of the molecule is Cc1cc(CNCC(O)COc2cccc(Br)c2)no1. The highest BCUT2D eigenvalue weighted by atomic mass is 79.9. The number of rotatable bonds is 7. The van der Waals surface area contributed by atoms with E-state index in [1.165, 1.54) is 0 Å². The van der Waals surface area contributed by atoms with Crippen LogP contribution >= 0.6 is 15.9 Å². The van der Waals surface area contributed by atoms with Crippen molar-refractivity contribution >= 4 is 15.9 Å². The van der Waals surface area contributed by atoms with E-state index in [0.29, 0.717) is 13.1 Å². The van der Waals surface area contributed by atoms with E-state index in [9.17, 15) is 5.11 Å². The van der Waals surface area contributed by atoms with Gasteiger partial charge in [0.25, 0.3) is 0 Å². The number of aliphatic hydroxyl groups is 1. The summed E-state index contributed by atoms with van der Waals surface area (Å²) >= 11 is 3.37. The van der Waals surface area contributed by atoms with Crippen LogP contribution in [0.4, 0.5) is 0 Å². The quantitative estimate of drug-likeness (QED) is 0.809. The van der Waals surface area contributed by atoms with E-state index in [2.05, 4.69) is 26.4 Å². The number of hydrogen-bond acceptors (Lipinski definition) is 5. The molecule has 1 heterocycles. The molecule has 0 aliphatic rings. The Morgan fingerprint density at radius 2 is 2.30 bits per heavy atom. The fourth-order valence-corrected chi connectivity index (χ4v) is 2.05. The lowest BCUT2D eigenvalue weighted by molar-refractivity contribution is 0.106. The van der Waals surface area contributed by atoms with Crippen molar-refractivity contribution in [1.29, 1.82) is 0 Å². The van der Waals surface area contributed by atoms with E-state index in [0.717, 1.165) is 21.7 Å². The average Bonchev–Trinajstić information content (AvgIpc) is 2.82. The molecule has 0 bridgehead atoms. The number of benzene rings is 1. The van der Waals surface area contributed by atoms with Crippen LogP contribution in [0.25, 0.3) is 0 Å². The number of aryl methyl sites for hydroxylation is 1. The van der Waals surface area contributed by atoms with Crippen LogP contribution < -0.4 is 10.1 Å². The molecule has 108 valence electrons. The van der Waals surface area contributed by atoms with Crippen molar-refractivity contribution in [2.75, 3.05) is 13.2 Å². The molecule has 0 saturated carbocycles. The van der Waals surface area contributed by atoms with Gasteiger partial charge in [-0.05, 0) is 25.1 Å². The van der Waals surface area contributed by atoms with Crippen LogP contribution in [0.15, 0.2) is 39.3 Å². The van der Waals surface area contributed by atoms with Crippen molar-refractivity contribution in [1.82, 2.24) is 10.5 Å². The molecule has 6 heteroatoms. The molecule has 1 unspecified atom stereocenters. The van der Waals surface area contributed by atoms with E-state index in [4.69, 9.17) is 9.26 Å². The summed E-state index contributed by atoms with van der Waals surface area (Å²) in [5.41, 5.74) is 0.822. The molecule has 0 aliphatic heterocycles. The first-order valence-electron chi connectivity index (χ1n) is 6.33. The predicted octanol–water partition coefficient (Wildman–Crippen LogP) is 2.28. The van der Waals surface area contributed by atoms with E-state index in [-0.39, 0.29) is 6.61 Å². The van der Waals surface area contributed by atoms with Crippen molar-refractivity contribution in [2.24, 2.45) is 0 Å². The van der Waals surface area contributed by atoms with Crippen LogP contribution in [0.1, 0.15) is 11.5 Å². The lowest BCUT2D eigenvalue weighted by Crippen LogP contribution is -2.31. The lowest BCUT2D eigenvalue weighted by atomic mass is 10.3. The highest BCUT2D eigenvalue weighted by Crippen LogP contribution is 2.17. The first-order valence-corrected chi connectivity index (χ1v) is 7.12. The van der Waals surface area contributed by atoms with Crippen LogP contribution in [-0.4, -0.2) is 29.5 Å². The van der Waals surface area contributed by atoms with Gasteiger partial charge in [-0.15, -0.1) is 0 Å². The molecule has 0 saturated heterocycles. The summed E-state index contributed by atoms with van der Waals surface area (Å²) in [4.78, 5) is 0. The fraction of sp³-hybridized carbons (Fsp3) is 0.357. The summed E-state index contributed by atoms with van der Waals surface area (Å²) in [6.45, 7) is 3.07. The largest absolute Gasteiger partial charge is 0.491 e. The van der Waals surface area contributed by atoms with Gasteiger partial charge in [-0.25, -0.2) is 0 Å². The Bertz CT molecular complexity index is 545. The zero-order valence-corrected chi connectivity index (χ0v) is 12.8. The molecule has 0 fully saturated rings. The number of nitrogens with zero attached hydrogens (tertiary/aromatic N) is 1. The Labute approximate surface area is 126 Å². The topological polar surface area (TPSA) is 67.5 Å². The van der Waals surface area contributed by atoms with E-state index in [1.807, 2.05) is 37.3 Å². The maximum absolute atomic E-state index is 9.82. The third-order valence-corrected chi connectivity index (χ3v) is 3.09. The number of aliphatic hydroxyl groups excluding tert-OH is 1. The summed E-state index contributed by atoms with van der Waals surface area (Å²) in [6, 6.07) is 9.38. The minimum absolute atomic E-state index is 0.237. The van der Waals surface area contributed by atoms with Crippen molar-refractivity contribution in [3.8, 4) is 5.75 Å². The number of ether oxygens (including phenoxy) is 1. The number of hydrogen-bond donors (Lipinski definition) is 2. The van der Waals surface area contributed by atoms with Gasteiger partial charge in [-0.3, -0.25) is 0 Å². The Hall–Kier alpha value is -1.37. The van der Waals surface area contributed by atoms with Gasteiger partial charge in [0, 0.05) is 23.6 Å².